The molecule has 4 heteroatoms. The molecule has 1 aromatic carbocycles. The number of nitrogens with zero attached hydrogens (tertiary/aromatic N) is 1. The van der Waals surface area contributed by atoms with E-state index in [2.05, 4.69) is 15.5 Å². The van der Waals surface area contributed by atoms with Crippen LogP contribution in [0.2, 0.25) is 0 Å². The summed E-state index contributed by atoms with van der Waals surface area (Å²) in [6.45, 7) is 1.93. The number of aromatic nitrogens is 2. The van der Waals surface area contributed by atoms with Crippen molar-refractivity contribution in [3.63, 3.8) is 0 Å². The van der Waals surface area contributed by atoms with Gasteiger partial charge in [-0.25, -0.2) is 0 Å². The lowest BCUT2D eigenvalue weighted by atomic mass is 10.1. The normalized spacial score (nSPS) is 14.5. The van der Waals surface area contributed by atoms with Gasteiger partial charge < -0.3 is 5.32 Å². The third-order valence-corrected chi connectivity index (χ3v) is 3.25. The molecule has 3 rings (SSSR count). The number of benzene rings is 1. The summed E-state index contributed by atoms with van der Waals surface area (Å²) >= 11 is 0. The molecule has 1 amide bonds. The van der Waals surface area contributed by atoms with Gasteiger partial charge >= 0.3 is 0 Å². The zero-order valence-corrected chi connectivity index (χ0v) is 10.2. The van der Waals surface area contributed by atoms with Crippen molar-refractivity contribution in [2.24, 2.45) is 0 Å². The zero-order chi connectivity index (χ0) is 12.5. The highest BCUT2D eigenvalue weighted by atomic mass is 16.1. The second kappa shape index (κ2) is 4.29. The molecule has 1 saturated carbocycles. The van der Waals surface area contributed by atoms with Gasteiger partial charge in [0.25, 0.3) is 5.91 Å². The summed E-state index contributed by atoms with van der Waals surface area (Å²) in [5.74, 6) is 1.11. The molecule has 1 aliphatic rings. The van der Waals surface area contributed by atoms with E-state index >= 15 is 0 Å². The Kier molecular flexibility index (Phi) is 2.63. The van der Waals surface area contributed by atoms with Gasteiger partial charge in [0, 0.05) is 23.2 Å². The van der Waals surface area contributed by atoms with Crippen LogP contribution in [0.4, 0.5) is 5.82 Å². The van der Waals surface area contributed by atoms with E-state index in [-0.39, 0.29) is 5.91 Å². The Morgan fingerprint density at radius 3 is 2.89 bits per heavy atom. The highest BCUT2D eigenvalue weighted by Gasteiger charge is 2.25. The third kappa shape index (κ3) is 2.14. The standard InChI is InChI=1S/C14H15N3O/c1-9-4-2-3-5-11(9)14(18)15-13-8-12(16-17-13)10-6-7-10/h2-5,8,10H,6-7H2,1H3,(H2,15,16,17,18). The average molecular weight is 241 g/mol. The molecule has 0 spiro atoms. The lowest BCUT2D eigenvalue weighted by molar-refractivity contribution is 0.102. The van der Waals surface area contributed by atoms with Crippen LogP contribution in [-0.2, 0) is 0 Å². The van der Waals surface area contributed by atoms with E-state index in [4.69, 9.17) is 0 Å². The van der Waals surface area contributed by atoms with Crippen LogP contribution in [0.3, 0.4) is 0 Å². The summed E-state index contributed by atoms with van der Waals surface area (Å²) in [5, 5.41) is 9.91. The summed E-state index contributed by atoms with van der Waals surface area (Å²) in [6, 6.07) is 9.45. The first-order chi connectivity index (χ1) is 8.74. The highest BCUT2D eigenvalue weighted by molar-refractivity contribution is 6.04. The first-order valence-corrected chi connectivity index (χ1v) is 6.16. The smallest absolute Gasteiger partial charge is 0.257 e. The molecule has 18 heavy (non-hydrogen) atoms. The molecule has 1 aliphatic carbocycles. The number of H-pyrrole nitrogens is 1. The van der Waals surface area contributed by atoms with Gasteiger partial charge in [-0.2, -0.15) is 5.10 Å². The van der Waals surface area contributed by atoms with Crippen molar-refractivity contribution in [3.8, 4) is 0 Å². The molecular formula is C14H15N3O. The average Bonchev–Trinajstić information content (AvgIpc) is 3.11. The number of hydrogen-bond acceptors (Lipinski definition) is 2. The fraction of sp³-hybridized carbons (Fsp3) is 0.286. The van der Waals surface area contributed by atoms with Crippen LogP contribution in [0.15, 0.2) is 30.3 Å². The number of amides is 1. The first kappa shape index (κ1) is 11.0. The molecule has 1 heterocycles. The highest BCUT2D eigenvalue weighted by Crippen LogP contribution is 2.39. The van der Waals surface area contributed by atoms with Crippen LogP contribution >= 0.6 is 0 Å². The van der Waals surface area contributed by atoms with Crippen LogP contribution in [-0.4, -0.2) is 16.1 Å². The minimum Gasteiger partial charge on any atom is -0.305 e. The van der Waals surface area contributed by atoms with E-state index < -0.39 is 0 Å². The summed E-state index contributed by atoms with van der Waals surface area (Å²) in [4.78, 5) is 12.1. The van der Waals surface area contributed by atoms with E-state index in [9.17, 15) is 4.79 Å². The van der Waals surface area contributed by atoms with E-state index in [0.29, 0.717) is 17.3 Å². The fourth-order valence-corrected chi connectivity index (χ4v) is 2.02. The molecule has 0 radical (unpaired) electrons. The molecule has 0 aliphatic heterocycles. The van der Waals surface area contributed by atoms with Gasteiger partial charge in [0.1, 0.15) is 0 Å². The maximum Gasteiger partial charge on any atom is 0.257 e. The first-order valence-electron chi connectivity index (χ1n) is 6.16. The Morgan fingerprint density at radius 1 is 1.39 bits per heavy atom. The SMILES string of the molecule is Cc1ccccc1C(=O)Nc1cc(C2CC2)[nH]n1. The summed E-state index contributed by atoms with van der Waals surface area (Å²) in [7, 11) is 0. The number of rotatable bonds is 3. The third-order valence-electron chi connectivity index (χ3n) is 3.25. The molecule has 2 N–H and O–H groups in total. The van der Waals surface area contributed by atoms with Gasteiger partial charge in [0.2, 0.25) is 0 Å². The van der Waals surface area contributed by atoms with Crippen molar-refractivity contribution < 1.29 is 4.79 Å². The lowest BCUT2D eigenvalue weighted by Gasteiger charge is -2.04. The minimum atomic E-state index is -0.109. The number of aromatic amines is 1. The maximum atomic E-state index is 12.1. The summed E-state index contributed by atoms with van der Waals surface area (Å²) in [5.41, 5.74) is 2.77. The molecule has 0 unspecified atom stereocenters. The summed E-state index contributed by atoms with van der Waals surface area (Å²) < 4.78 is 0. The molecule has 0 bridgehead atoms. The van der Waals surface area contributed by atoms with Crippen molar-refractivity contribution >= 4 is 11.7 Å². The van der Waals surface area contributed by atoms with Gasteiger partial charge in [0.05, 0.1) is 0 Å². The second-order valence-corrected chi connectivity index (χ2v) is 4.75. The molecular weight excluding hydrogens is 226 g/mol. The Bertz CT molecular complexity index is 584. The zero-order valence-electron chi connectivity index (χ0n) is 10.2. The fourth-order valence-electron chi connectivity index (χ4n) is 2.02. The monoisotopic (exact) mass is 241 g/mol. The quantitative estimate of drug-likeness (QED) is 0.868. The van der Waals surface area contributed by atoms with Crippen molar-refractivity contribution in [1.82, 2.24) is 10.2 Å². The number of nitrogens with one attached hydrogen (secondary N) is 2. The van der Waals surface area contributed by atoms with Crippen LogP contribution in [0.25, 0.3) is 0 Å². The Morgan fingerprint density at radius 2 is 2.17 bits per heavy atom. The minimum absolute atomic E-state index is 0.109. The topological polar surface area (TPSA) is 57.8 Å². The predicted octanol–water partition coefficient (Wildman–Crippen LogP) is 2.85. The molecule has 2 aromatic rings. The van der Waals surface area contributed by atoms with Crippen molar-refractivity contribution in [3.05, 3.63) is 47.2 Å². The maximum absolute atomic E-state index is 12.1. The van der Waals surface area contributed by atoms with Crippen LogP contribution in [0, 0.1) is 6.92 Å². The molecule has 1 fully saturated rings. The lowest BCUT2D eigenvalue weighted by Crippen LogP contribution is -2.13. The van der Waals surface area contributed by atoms with Gasteiger partial charge in [0.15, 0.2) is 5.82 Å². The number of carbonyl (C=O) groups excluding carboxylic acids is 1. The van der Waals surface area contributed by atoms with Crippen LogP contribution < -0.4 is 5.32 Å². The molecule has 4 nitrogen and oxygen atoms in total. The van der Waals surface area contributed by atoms with E-state index in [0.717, 1.165) is 11.3 Å². The van der Waals surface area contributed by atoms with Crippen LogP contribution in [0.1, 0.15) is 40.4 Å². The Hall–Kier alpha value is -2.10. The summed E-state index contributed by atoms with van der Waals surface area (Å²) in [6.07, 6.45) is 2.43. The molecule has 1 aromatic heterocycles. The molecule has 0 atom stereocenters. The van der Waals surface area contributed by atoms with E-state index in [1.807, 2.05) is 37.3 Å². The van der Waals surface area contributed by atoms with Crippen LogP contribution in [0.5, 0.6) is 0 Å². The largest absolute Gasteiger partial charge is 0.305 e. The van der Waals surface area contributed by atoms with Gasteiger partial charge in [-0.3, -0.25) is 9.89 Å². The van der Waals surface area contributed by atoms with Crippen molar-refractivity contribution in [2.45, 2.75) is 25.7 Å². The Balaban J connectivity index is 1.75. The van der Waals surface area contributed by atoms with Crippen molar-refractivity contribution in [1.29, 1.82) is 0 Å². The molecule has 92 valence electrons. The van der Waals surface area contributed by atoms with E-state index in [1.165, 1.54) is 12.8 Å². The second-order valence-electron chi connectivity index (χ2n) is 4.75. The molecule has 0 saturated heterocycles. The van der Waals surface area contributed by atoms with Gasteiger partial charge in [-0.1, -0.05) is 18.2 Å². The number of anilines is 1. The van der Waals surface area contributed by atoms with Gasteiger partial charge in [-0.15, -0.1) is 0 Å². The number of carbonyl (C=O) groups is 1. The van der Waals surface area contributed by atoms with Gasteiger partial charge in [-0.05, 0) is 31.4 Å². The van der Waals surface area contributed by atoms with E-state index in [1.54, 1.807) is 0 Å². The predicted molar refractivity (Wildman–Crippen MR) is 69.7 cm³/mol. The Labute approximate surface area is 105 Å². The number of aryl methyl sites for hydroxylation is 1. The van der Waals surface area contributed by atoms with Crippen molar-refractivity contribution in [2.75, 3.05) is 5.32 Å². The number of hydrogen-bond donors (Lipinski definition) is 2.